The molecule has 0 heterocycles. The van der Waals surface area contributed by atoms with Crippen LogP contribution in [-0.2, 0) is 0 Å². The van der Waals surface area contributed by atoms with Crippen LogP contribution in [0.2, 0.25) is 5.02 Å². The molecule has 0 radical (unpaired) electrons. The van der Waals surface area contributed by atoms with Gasteiger partial charge in [-0.3, -0.25) is 0 Å². The van der Waals surface area contributed by atoms with Crippen molar-refractivity contribution in [2.75, 3.05) is 0 Å². The van der Waals surface area contributed by atoms with Crippen molar-refractivity contribution < 1.29 is 4.39 Å². The zero-order valence-corrected chi connectivity index (χ0v) is 18.7. The molecule has 0 nitrogen and oxygen atoms in total. The molecular weight excluding hydrogens is 379 g/mol. The summed E-state index contributed by atoms with van der Waals surface area (Å²) in [5, 5.41) is 0.283. The molecule has 0 spiro atoms. The molecule has 2 heteroatoms. The van der Waals surface area contributed by atoms with E-state index in [4.69, 9.17) is 11.6 Å². The first kappa shape index (κ1) is 21.2. The number of benzene rings is 1. The number of aryl methyl sites for hydroxylation is 1. The molecule has 4 rings (SSSR count). The van der Waals surface area contributed by atoms with Crippen LogP contribution < -0.4 is 0 Å². The Bertz CT molecular complexity index is 748. The van der Waals surface area contributed by atoms with Crippen LogP contribution in [0.5, 0.6) is 0 Å². The topological polar surface area (TPSA) is 0 Å². The van der Waals surface area contributed by atoms with Crippen LogP contribution in [0.25, 0.3) is 5.57 Å². The molecule has 0 N–H and O–H groups in total. The Kier molecular flexibility index (Phi) is 6.84. The number of allylic oxidation sites excluding steroid dienone is 3. The smallest absolute Gasteiger partial charge is 0.149 e. The predicted molar refractivity (Wildman–Crippen MR) is 123 cm³/mol. The summed E-state index contributed by atoms with van der Waals surface area (Å²) >= 11 is 6.14. The van der Waals surface area contributed by atoms with Gasteiger partial charge < -0.3 is 0 Å². The Hall–Kier alpha value is -1.08. The van der Waals surface area contributed by atoms with Crippen molar-refractivity contribution in [2.24, 2.45) is 29.6 Å². The molecule has 29 heavy (non-hydrogen) atoms. The van der Waals surface area contributed by atoms with Crippen LogP contribution in [0.15, 0.2) is 30.9 Å². The Labute approximate surface area is 181 Å². The Morgan fingerprint density at radius 2 is 1.48 bits per heavy atom. The summed E-state index contributed by atoms with van der Waals surface area (Å²) in [7, 11) is 0. The van der Waals surface area contributed by atoms with Crippen molar-refractivity contribution in [3.63, 3.8) is 0 Å². The van der Waals surface area contributed by atoms with E-state index in [0.717, 1.165) is 59.1 Å². The molecule has 2 saturated carbocycles. The van der Waals surface area contributed by atoms with Gasteiger partial charge in [-0.2, -0.15) is 0 Å². The molecule has 2 fully saturated rings. The molecule has 1 unspecified atom stereocenters. The maximum Gasteiger partial charge on any atom is 0.149 e. The maximum absolute atomic E-state index is 14.6. The van der Waals surface area contributed by atoms with Gasteiger partial charge in [0.2, 0.25) is 0 Å². The minimum absolute atomic E-state index is 0.233. The van der Waals surface area contributed by atoms with Crippen LogP contribution >= 0.6 is 11.6 Å². The van der Waals surface area contributed by atoms with Crippen molar-refractivity contribution >= 4 is 17.2 Å². The first-order valence-corrected chi connectivity index (χ1v) is 12.2. The average Bonchev–Trinajstić information content (AvgIpc) is 2.78. The highest BCUT2D eigenvalue weighted by Gasteiger charge is 2.33. The van der Waals surface area contributed by atoms with E-state index in [1.54, 1.807) is 0 Å². The molecule has 0 amide bonds. The summed E-state index contributed by atoms with van der Waals surface area (Å²) in [6.07, 6.45) is 19.0. The highest BCUT2D eigenvalue weighted by Crippen LogP contribution is 2.46. The maximum atomic E-state index is 14.6. The average molecular weight is 415 g/mol. The Balaban J connectivity index is 1.30. The van der Waals surface area contributed by atoms with E-state index >= 15 is 0 Å². The van der Waals surface area contributed by atoms with Gasteiger partial charge in [-0.1, -0.05) is 35.9 Å². The zero-order valence-electron chi connectivity index (χ0n) is 17.9. The summed E-state index contributed by atoms with van der Waals surface area (Å²) in [6, 6.07) is 3.85. The van der Waals surface area contributed by atoms with Gasteiger partial charge in [0.25, 0.3) is 0 Å². The quantitative estimate of drug-likeness (QED) is 0.432. The van der Waals surface area contributed by atoms with Crippen molar-refractivity contribution in [2.45, 2.75) is 77.6 Å². The first-order chi connectivity index (χ1) is 14.1. The van der Waals surface area contributed by atoms with Crippen LogP contribution in [0.4, 0.5) is 4.39 Å². The molecule has 3 aliphatic rings. The van der Waals surface area contributed by atoms with Gasteiger partial charge in [-0.25, -0.2) is 4.39 Å². The van der Waals surface area contributed by atoms with E-state index < -0.39 is 0 Å². The van der Waals surface area contributed by atoms with Crippen LogP contribution in [-0.4, -0.2) is 0 Å². The highest BCUT2D eigenvalue weighted by atomic mass is 35.5. The summed E-state index contributed by atoms with van der Waals surface area (Å²) in [4.78, 5) is 0. The zero-order chi connectivity index (χ0) is 20.4. The summed E-state index contributed by atoms with van der Waals surface area (Å²) in [5.74, 6) is 4.15. The fraction of sp³-hybridized carbons (Fsp3) is 0.630. The molecule has 0 saturated heterocycles. The lowest BCUT2D eigenvalue weighted by atomic mass is 9.66. The third-order valence-corrected chi connectivity index (χ3v) is 8.84. The van der Waals surface area contributed by atoms with Gasteiger partial charge in [-0.15, -0.1) is 6.58 Å². The molecule has 0 aromatic heterocycles. The van der Waals surface area contributed by atoms with Gasteiger partial charge >= 0.3 is 0 Å². The third kappa shape index (κ3) is 4.66. The van der Waals surface area contributed by atoms with Crippen LogP contribution in [0, 0.1) is 42.3 Å². The lowest BCUT2D eigenvalue weighted by molar-refractivity contribution is 0.128. The number of rotatable bonds is 4. The SMILES string of the molecule is C=CC1CCC(C2CCC(C3CC=C(c4ccc(C)c(Cl)c4F)CC3)CC2)CC1. The first-order valence-electron chi connectivity index (χ1n) is 11.8. The second-order valence-electron chi connectivity index (χ2n) is 9.91. The molecule has 1 aromatic carbocycles. The molecule has 1 aromatic rings. The molecular formula is C27H36ClF. The fourth-order valence-corrected chi connectivity index (χ4v) is 6.53. The second kappa shape index (κ2) is 9.38. The highest BCUT2D eigenvalue weighted by molar-refractivity contribution is 6.31. The fourth-order valence-electron chi connectivity index (χ4n) is 6.36. The minimum Gasteiger partial charge on any atom is -0.205 e. The van der Waals surface area contributed by atoms with Crippen molar-refractivity contribution in [3.05, 3.63) is 52.8 Å². The summed E-state index contributed by atoms with van der Waals surface area (Å²) < 4.78 is 14.6. The summed E-state index contributed by atoms with van der Waals surface area (Å²) in [6.45, 7) is 5.85. The predicted octanol–water partition coefficient (Wildman–Crippen LogP) is 8.77. The van der Waals surface area contributed by atoms with Gasteiger partial charge in [0.15, 0.2) is 0 Å². The van der Waals surface area contributed by atoms with E-state index in [0.29, 0.717) is 0 Å². The lowest BCUT2D eigenvalue weighted by Crippen LogP contribution is -2.28. The molecule has 0 bridgehead atoms. The third-order valence-electron chi connectivity index (χ3n) is 8.37. The monoisotopic (exact) mass is 414 g/mol. The van der Waals surface area contributed by atoms with E-state index in [1.807, 2.05) is 19.1 Å². The minimum atomic E-state index is -0.233. The standard InChI is InChI=1S/C27H36ClF/c1-3-19-5-7-20(8-6-19)21-9-11-22(12-10-21)23-13-15-24(16-14-23)25-17-4-18(2)26(28)27(25)29/h3-4,15,17,19-23H,1,5-14,16H2,2H3. The largest absolute Gasteiger partial charge is 0.205 e. The van der Waals surface area contributed by atoms with Crippen molar-refractivity contribution in [1.29, 1.82) is 0 Å². The Morgan fingerprint density at radius 1 is 0.897 bits per heavy atom. The van der Waals surface area contributed by atoms with Gasteiger partial charge in [0, 0.05) is 5.56 Å². The number of halogens is 2. The van der Waals surface area contributed by atoms with Crippen molar-refractivity contribution in [3.8, 4) is 0 Å². The molecule has 0 aliphatic heterocycles. The van der Waals surface area contributed by atoms with E-state index in [1.165, 1.54) is 57.8 Å². The van der Waals surface area contributed by atoms with E-state index in [2.05, 4.69) is 18.7 Å². The number of hydrogen-bond acceptors (Lipinski definition) is 0. The number of hydrogen-bond donors (Lipinski definition) is 0. The van der Waals surface area contributed by atoms with E-state index in [-0.39, 0.29) is 10.8 Å². The second-order valence-corrected chi connectivity index (χ2v) is 10.3. The lowest BCUT2D eigenvalue weighted by Gasteiger charge is -2.40. The molecule has 3 aliphatic carbocycles. The van der Waals surface area contributed by atoms with Crippen molar-refractivity contribution in [1.82, 2.24) is 0 Å². The molecule has 1 atom stereocenters. The summed E-state index contributed by atoms with van der Waals surface area (Å²) in [5.41, 5.74) is 2.70. The van der Waals surface area contributed by atoms with Crippen LogP contribution in [0.1, 0.15) is 81.8 Å². The van der Waals surface area contributed by atoms with Gasteiger partial charge in [-0.05, 0) is 118 Å². The van der Waals surface area contributed by atoms with Gasteiger partial charge in [0.05, 0.1) is 5.02 Å². The normalized spacial score (nSPS) is 33.2. The molecule has 158 valence electrons. The van der Waals surface area contributed by atoms with E-state index in [9.17, 15) is 4.39 Å². The Morgan fingerprint density at radius 3 is 2.03 bits per heavy atom. The van der Waals surface area contributed by atoms with Gasteiger partial charge in [0.1, 0.15) is 5.82 Å². The van der Waals surface area contributed by atoms with Crippen LogP contribution in [0.3, 0.4) is 0 Å².